The zero-order chi connectivity index (χ0) is 14.3. The van der Waals surface area contributed by atoms with Gasteiger partial charge in [-0.05, 0) is 30.8 Å². The molecule has 1 atom stereocenters. The summed E-state index contributed by atoms with van der Waals surface area (Å²) in [4.78, 5) is 1.15. The van der Waals surface area contributed by atoms with Gasteiger partial charge >= 0.3 is 0 Å². The van der Waals surface area contributed by atoms with Crippen molar-refractivity contribution in [2.45, 2.75) is 32.7 Å². The van der Waals surface area contributed by atoms with Crippen LogP contribution in [0.4, 0.5) is 0 Å². The molecule has 1 aromatic rings. The first-order valence-corrected chi connectivity index (χ1v) is 9.29. The van der Waals surface area contributed by atoms with Gasteiger partial charge in [-0.2, -0.15) is 0 Å². The molecule has 0 aliphatic carbocycles. The maximum absolute atomic E-state index is 11.5. The van der Waals surface area contributed by atoms with E-state index in [9.17, 15) is 8.42 Å². The number of thiophene rings is 1. The van der Waals surface area contributed by atoms with E-state index in [2.05, 4.69) is 12.2 Å². The molecule has 4 nitrogen and oxygen atoms in total. The van der Waals surface area contributed by atoms with Crippen LogP contribution in [0, 0.1) is 0 Å². The predicted octanol–water partition coefficient (Wildman–Crippen LogP) is 2.62. The molecular formula is C13H23NO3S2. The largest absolute Gasteiger partial charge is 0.496 e. The van der Waals surface area contributed by atoms with Crippen molar-refractivity contribution in [3.8, 4) is 5.75 Å². The van der Waals surface area contributed by atoms with Crippen molar-refractivity contribution in [2.75, 3.05) is 25.2 Å². The van der Waals surface area contributed by atoms with Gasteiger partial charge in [0.15, 0.2) is 0 Å². The molecule has 1 N–H and O–H groups in total. The van der Waals surface area contributed by atoms with Crippen LogP contribution in [0.15, 0.2) is 11.4 Å². The van der Waals surface area contributed by atoms with Gasteiger partial charge in [0.2, 0.25) is 0 Å². The molecule has 0 aliphatic heterocycles. The summed E-state index contributed by atoms with van der Waals surface area (Å²) in [7, 11) is -1.21. The van der Waals surface area contributed by atoms with Crippen molar-refractivity contribution < 1.29 is 13.2 Å². The van der Waals surface area contributed by atoms with E-state index < -0.39 is 9.84 Å². The Labute approximate surface area is 120 Å². The predicted molar refractivity (Wildman–Crippen MR) is 80.9 cm³/mol. The van der Waals surface area contributed by atoms with Gasteiger partial charge in [0.1, 0.15) is 15.6 Å². The third-order valence-corrected chi connectivity index (χ3v) is 5.83. The van der Waals surface area contributed by atoms with E-state index in [1.54, 1.807) is 25.4 Å². The molecule has 1 unspecified atom stereocenters. The Bertz CT molecular complexity index is 468. The summed E-state index contributed by atoms with van der Waals surface area (Å²) in [6.45, 7) is 4.60. The van der Waals surface area contributed by atoms with Crippen LogP contribution in [0.3, 0.4) is 0 Å². The zero-order valence-corrected chi connectivity index (χ0v) is 13.4. The Kier molecular flexibility index (Phi) is 6.82. The van der Waals surface area contributed by atoms with Gasteiger partial charge in [0.25, 0.3) is 0 Å². The van der Waals surface area contributed by atoms with Crippen LogP contribution >= 0.6 is 11.3 Å². The number of hydrogen-bond donors (Lipinski definition) is 1. The van der Waals surface area contributed by atoms with Crippen LogP contribution in [0.2, 0.25) is 0 Å². The first-order valence-electron chi connectivity index (χ1n) is 6.59. The Hall–Kier alpha value is -0.590. The van der Waals surface area contributed by atoms with Crippen LogP contribution in [0.1, 0.15) is 37.6 Å². The molecular weight excluding hydrogens is 282 g/mol. The maximum Gasteiger partial charge on any atom is 0.150 e. The van der Waals surface area contributed by atoms with Crippen molar-refractivity contribution in [3.63, 3.8) is 0 Å². The fraction of sp³-hybridized carbons (Fsp3) is 0.692. The second-order valence-corrected chi connectivity index (χ2v) is 7.76. The molecule has 0 aromatic carbocycles. The molecule has 19 heavy (non-hydrogen) atoms. The Morgan fingerprint density at radius 2 is 2.16 bits per heavy atom. The van der Waals surface area contributed by atoms with E-state index in [1.807, 2.05) is 11.4 Å². The first kappa shape index (κ1) is 16.5. The molecule has 110 valence electrons. The van der Waals surface area contributed by atoms with Crippen molar-refractivity contribution >= 4 is 21.2 Å². The number of hydrogen-bond acceptors (Lipinski definition) is 5. The summed E-state index contributed by atoms with van der Waals surface area (Å²) < 4.78 is 28.3. The monoisotopic (exact) mass is 305 g/mol. The van der Waals surface area contributed by atoms with Gasteiger partial charge in [0.05, 0.1) is 17.7 Å². The molecule has 0 saturated heterocycles. The van der Waals surface area contributed by atoms with Crippen LogP contribution in [0.5, 0.6) is 5.75 Å². The van der Waals surface area contributed by atoms with E-state index in [0.717, 1.165) is 23.6 Å². The first-order chi connectivity index (χ1) is 9.04. The van der Waals surface area contributed by atoms with Crippen molar-refractivity contribution in [1.82, 2.24) is 5.32 Å². The van der Waals surface area contributed by atoms with Crippen LogP contribution < -0.4 is 10.1 Å². The molecule has 0 radical (unpaired) electrons. The molecule has 0 spiro atoms. The highest BCUT2D eigenvalue weighted by Crippen LogP contribution is 2.33. The molecule has 0 amide bonds. The SMILES string of the molecule is CCNC(CCCS(=O)(=O)CC)c1sccc1OC. The van der Waals surface area contributed by atoms with E-state index in [1.165, 1.54) is 0 Å². The summed E-state index contributed by atoms with van der Waals surface area (Å²) in [5.41, 5.74) is 0. The Morgan fingerprint density at radius 3 is 2.74 bits per heavy atom. The summed E-state index contributed by atoms with van der Waals surface area (Å²) in [5, 5.41) is 5.40. The van der Waals surface area contributed by atoms with E-state index in [4.69, 9.17) is 4.74 Å². The lowest BCUT2D eigenvalue weighted by atomic mass is 10.1. The van der Waals surface area contributed by atoms with Gasteiger partial charge in [-0.1, -0.05) is 13.8 Å². The molecule has 1 rings (SSSR count). The number of methoxy groups -OCH3 is 1. The van der Waals surface area contributed by atoms with Crippen LogP contribution in [-0.2, 0) is 9.84 Å². The second-order valence-electron chi connectivity index (χ2n) is 4.34. The number of ether oxygens (including phenoxy) is 1. The molecule has 1 aromatic heterocycles. The summed E-state index contributed by atoms with van der Waals surface area (Å²) >= 11 is 1.65. The molecule has 6 heteroatoms. The Morgan fingerprint density at radius 1 is 1.42 bits per heavy atom. The average molecular weight is 305 g/mol. The minimum absolute atomic E-state index is 0.173. The lowest BCUT2D eigenvalue weighted by molar-refractivity contribution is 0.400. The van der Waals surface area contributed by atoms with Crippen molar-refractivity contribution in [3.05, 3.63) is 16.3 Å². The summed E-state index contributed by atoms with van der Waals surface area (Å²) in [6, 6.07) is 2.12. The van der Waals surface area contributed by atoms with E-state index >= 15 is 0 Å². The minimum Gasteiger partial charge on any atom is -0.496 e. The van der Waals surface area contributed by atoms with E-state index in [-0.39, 0.29) is 17.5 Å². The quantitative estimate of drug-likeness (QED) is 0.762. The van der Waals surface area contributed by atoms with Gasteiger partial charge in [0, 0.05) is 11.8 Å². The third-order valence-electron chi connectivity index (χ3n) is 3.03. The molecule has 0 bridgehead atoms. The highest BCUT2D eigenvalue weighted by Gasteiger charge is 2.17. The normalized spacial score (nSPS) is 13.4. The Balaban J connectivity index is 2.64. The molecule has 0 saturated carbocycles. The highest BCUT2D eigenvalue weighted by atomic mass is 32.2. The van der Waals surface area contributed by atoms with Crippen molar-refractivity contribution in [1.29, 1.82) is 0 Å². The van der Waals surface area contributed by atoms with E-state index in [0.29, 0.717) is 6.42 Å². The summed E-state index contributed by atoms with van der Waals surface area (Å²) in [5.74, 6) is 1.37. The van der Waals surface area contributed by atoms with Gasteiger partial charge in [-0.15, -0.1) is 11.3 Å². The van der Waals surface area contributed by atoms with Crippen LogP contribution in [-0.4, -0.2) is 33.6 Å². The van der Waals surface area contributed by atoms with Gasteiger partial charge in [-0.25, -0.2) is 8.42 Å². The number of rotatable bonds is 9. The maximum atomic E-state index is 11.5. The number of nitrogens with one attached hydrogen (secondary N) is 1. The average Bonchev–Trinajstić information content (AvgIpc) is 2.85. The topological polar surface area (TPSA) is 55.4 Å². The lowest BCUT2D eigenvalue weighted by Gasteiger charge is -2.17. The fourth-order valence-corrected chi connectivity index (χ4v) is 3.82. The molecule has 1 heterocycles. The van der Waals surface area contributed by atoms with Crippen LogP contribution in [0.25, 0.3) is 0 Å². The lowest BCUT2D eigenvalue weighted by Crippen LogP contribution is -2.21. The summed E-state index contributed by atoms with van der Waals surface area (Å²) in [6.07, 6.45) is 1.48. The zero-order valence-electron chi connectivity index (χ0n) is 11.8. The molecule has 0 fully saturated rings. The molecule has 0 aliphatic rings. The second kappa shape index (κ2) is 7.87. The fourth-order valence-electron chi connectivity index (χ4n) is 1.96. The van der Waals surface area contributed by atoms with Crippen molar-refractivity contribution in [2.24, 2.45) is 0 Å². The van der Waals surface area contributed by atoms with Gasteiger partial charge in [-0.3, -0.25) is 0 Å². The third kappa shape index (κ3) is 5.12. The smallest absolute Gasteiger partial charge is 0.150 e. The number of sulfone groups is 1. The van der Waals surface area contributed by atoms with Gasteiger partial charge < -0.3 is 10.1 Å². The highest BCUT2D eigenvalue weighted by molar-refractivity contribution is 7.91. The standard InChI is InChI=1S/C13H23NO3S2/c1-4-14-11(7-6-10-19(15,16)5-2)13-12(17-3)8-9-18-13/h8-9,11,14H,4-7,10H2,1-3H3. The minimum atomic E-state index is -2.87.